The van der Waals surface area contributed by atoms with Crippen molar-refractivity contribution in [2.75, 3.05) is 6.79 Å². The normalized spacial score (nSPS) is 13.3. The fourth-order valence-corrected chi connectivity index (χ4v) is 3.13. The Morgan fingerprint density at radius 1 is 1.00 bits per heavy atom. The van der Waals surface area contributed by atoms with E-state index in [2.05, 4.69) is 10.4 Å². The van der Waals surface area contributed by atoms with Gasteiger partial charge in [0.1, 0.15) is 0 Å². The Labute approximate surface area is 176 Å². The maximum Gasteiger partial charge on any atom is 0.434 e. The molecule has 2 heterocycles. The average molecular weight is 457 g/mol. The molecule has 0 radical (unpaired) electrons. The quantitative estimate of drug-likeness (QED) is 0.583. The number of carbonyl (C=O) groups is 1. The van der Waals surface area contributed by atoms with Crippen LogP contribution in [-0.2, 0) is 18.9 Å². The van der Waals surface area contributed by atoms with E-state index >= 15 is 0 Å². The molecule has 1 aliphatic rings. The number of halogens is 6. The third-order valence-corrected chi connectivity index (χ3v) is 4.59. The number of alkyl halides is 6. The Morgan fingerprint density at radius 2 is 1.75 bits per heavy atom. The van der Waals surface area contributed by atoms with Crippen LogP contribution in [0.25, 0.3) is 5.69 Å². The second kappa shape index (κ2) is 7.77. The van der Waals surface area contributed by atoms with Gasteiger partial charge in [0.25, 0.3) is 5.91 Å². The first-order valence-corrected chi connectivity index (χ1v) is 9.03. The number of benzene rings is 2. The minimum absolute atomic E-state index is 0.0365. The van der Waals surface area contributed by atoms with Crippen molar-refractivity contribution >= 4 is 5.91 Å². The lowest BCUT2D eigenvalue weighted by Gasteiger charge is -2.14. The van der Waals surface area contributed by atoms with Crippen molar-refractivity contribution in [3.8, 4) is 17.2 Å². The highest BCUT2D eigenvalue weighted by atomic mass is 19.4. The summed E-state index contributed by atoms with van der Waals surface area (Å²) in [5, 5.41) is 5.88. The van der Waals surface area contributed by atoms with E-state index in [1.807, 2.05) is 0 Å². The minimum atomic E-state index is -5.06. The van der Waals surface area contributed by atoms with Crippen LogP contribution in [0.2, 0.25) is 0 Å². The number of aromatic nitrogens is 2. The van der Waals surface area contributed by atoms with Crippen LogP contribution in [0.4, 0.5) is 26.3 Å². The van der Waals surface area contributed by atoms with Crippen LogP contribution in [0, 0.1) is 0 Å². The zero-order valence-corrected chi connectivity index (χ0v) is 15.9. The molecular weight excluding hydrogens is 444 g/mol. The fourth-order valence-electron chi connectivity index (χ4n) is 3.13. The number of nitrogens with one attached hydrogen (secondary N) is 1. The maximum atomic E-state index is 13.7. The minimum Gasteiger partial charge on any atom is -0.454 e. The fraction of sp³-hybridized carbons (Fsp3) is 0.200. The highest BCUT2D eigenvalue weighted by Crippen LogP contribution is 2.36. The molecule has 0 saturated heterocycles. The Bertz CT molecular complexity index is 1170. The van der Waals surface area contributed by atoms with E-state index in [-0.39, 0.29) is 18.0 Å². The summed E-state index contributed by atoms with van der Waals surface area (Å²) in [5.41, 5.74) is -3.40. The molecule has 2 aromatic carbocycles. The molecule has 0 saturated carbocycles. The summed E-state index contributed by atoms with van der Waals surface area (Å²) in [6, 6.07) is 8.00. The summed E-state index contributed by atoms with van der Waals surface area (Å²) in [4.78, 5) is 12.5. The number of carbonyl (C=O) groups excluding carboxylic acids is 1. The topological polar surface area (TPSA) is 65.4 Å². The highest BCUT2D eigenvalue weighted by Gasteiger charge is 2.41. The van der Waals surface area contributed by atoms with Crippen molar-refractivity contribution in [3.63, 3.8) is 0 Å². The van der Waals surface area contributed by atoms with Gasteiger partial charge in [0.05, 0.1) is 23.0 Å². The van der Waals surface area contributed by atoms with Gasteiger partial charge >= 0.3 is 12.4 Å². The Hall–Kier alpha value is -3.70. The lowest BCUT2D eigenvalue weighted by Crippen LogP contribution is -2.26. The molecule has 0 aliphatic carbocycles. The molecule has 3 aromatic rings. The molecule has 6 nitrogen and oxygen atoms in total. The van der Waals surface area contributed by atoms with Crippen LogP contribution in [0.5, 0.6) is 11.5 Å². The summed E-state index contributed by atoms with van der Waals surface area (Å²) in [6.07, 6.45) is -9.15. The monoisotopic (exact) mass is 457 g/mol. The van der Waals surface area contributed by atoms with E-state index in [0.717, 1.165) is 18.2 Å². The largest absolute Gasteiger partial charge is 0.454 e. The average Bonchev–Trinajstić information content (AvgIpc) is 3.38. The Morgan fingerprint density at radius 3 is 2.47 bits per heavy atom. The van der Waals surface area contributed by atoms with Gasteiger partial charge in [-0.1, -0.05) is 12.1 Å². The molecule has 0 spiro atoms. The number of rotatable bonds is 4. The van der Waals surface area contributed by atoms with Crippen LogP contribution in [-0.4, -0.2) is 22.5 Å². The number of hydrogen-bond acceptors (Lipinski definition) is 4. The Balaban J connectivity index is 1.62. The van der Waals surface area contributed by atoms with Crippen LogP contribution in [0.15, 0.2) is 48.7 Å². The van der Waals surface area contributed by atoms with E-state index in [1.165, 1.54) is 0 Å². The van der Waals surface area contributed by atoms with Crippen LogP contribution in [0.1, 0.15) is 27.2 Å². The van der Waals surface area contributed by atoms with E-state index in [4.69, 9.17) is 9.47 Å². The van der Waals surface area contributed by atoms with Gasteiger partial charge in [0.2, 0.25) is 6.79 Å². The van der Waals surface area contributed by atoms with E-state index in [0.29, 0.717) is 29.3 Å². The van der Waals surface area contributed by atoms with Crippen molar-refractivity contribution in [1.82, 2.24) is 15.1 Å². The van der Waals surface area contributed by atoms with Gasteiger partial charge in [0.15, 0.2) is 17.2 Å². The summed E-state index contributed by atoms with van der Waals surface area (Å²) in [7, 11) is 0. The predicted octanol–water partition coefficient (Wildman–Crippen LogP) is 4.57. The van der Waals surface area contributed by atoms with Crippen LogP contribution in [0.3, 0.4) is 0 Å². The third kappa shape index (κ3) is 4.20. The number of hydrogen-bond donors (Lipinski definition) is 1. The predicted molar refractivity (Wildman–Crippen MR) is 97.3 cm³/mol. The molecule has 0 bridgehead atoms. The summed E-state index contributed by atoms with van der Waals surface area (Å²) in [5.74, 6) is -0.153. The van der Waals surface area contributed by atoms with E-state index in [9.17, 15) is 31.1 Å². The molecule has 0 fully saturated rings. The SMILES string of the molecule is O=C(NCc1ccc2c(c1)OCO2)c1cnn(-c2cccc(C(F)(F)F)c2)c1C(F)(F)F. The van der Waals surface area contributed by atoms with Gasteiger partial charge in [-0.25, -0.2) is 4.68 Å². The number of fused-ring (bicyclic) bond motifs is 1. The van der Waals surface area contributed by atoms with Gasteiger partial charge in [-0.3, -0.25) is 4.79 Å². The molecule has 168 valence electrons. The smallest absolute Gasteiger partial charge is 0.434 e. The molecule has 1 N–H and O–H groups in total. The van der Waals surface area contributed by atoms with Crippen molar-refractivity contribution in [2.45, 2.75) is 18.9 Å². The second-order valence-electron chi connectivity index (χ2n) is 6.73. The lowest BCUT2D eigenvalue weighted by atomic mass is 10.1. The van der Waals surface area contributed by atoms with Crippen molar-refractivity contribution in [2.24, 2.45) is 0 Å². The highest BCUT2D eigenvalue weighted by molar-refractivity contribution is 5.95. The van der Waals surface area contributed by atoms with E-state index in [1.54, 1.807) is 18.2 Å². The first-order chi connectivity index (χ1) is 15.0. The number of amides is 1. The molecule has 0 unspecified atom stereocenters. The van der Waals surface area contributed by atoms with Gasteiger partial charge in [-0.05, 0) is 35.9 Å². The Kier molecular flexibility index (Phi) is 5.23. The van der Waals surface area contributed by atoms with Gasteiger partial charge < -0.3 is 14.8 Å². The first kappa shape index (κ1) is 21.5. The number of nitrogens with zero attached hydrogens (tertiary/aromatic N) is 2. The van der Waals surface area contributed by atoms with Crippen molar-refractivity contribution in [3.05, 3.63) is 71.0 Å². The van der Waals surface area contributed by atoms with E-state index < -0.39 is 40.8 Å². The zero-order valence-electron chi connectivity index (χ0n) is 15.9. The standard InChI is InChI=1S/C20H13F6N3O3/c21-19(22,23)12-2-1-3-13(7-12)29-17(20(24,25)26)14(9-28-29)18(30)27-8-11-4-5-15-16(6-11)32-10-31-15/h1-7,9H,8,10H2,(H,27,30). The molecule has 4 rings (SSSR count). The maximum absolute atomic E-state index is 13.7. The third-order valence-electron chi connectivity index (χ3n) is 4.59. The van der Waals surface area contributed by atoms with Crippen molar-refractivity contribution < 1.29 is 40.6 Å². The molecular formula is C20H13F6N3O3. The number of ether oxygens (including phenoxy) is 2. The first-order valence-electron chi connectivity index (χ1n) is 9.03. The molecule has 1 aliphatic heterocycles. The second-order valence-corrected chi connectivity index (χ2v) is 6.73. The summed E-state index contributed by atoms with van der Waals surface area (Å²) >= 11 is 0. The van der Waals surface area contributed by atoms with Gasteiger partial charge in [-0.2, -0.15) is 31.4 Å². The molecule has 12 heteroatoms. The van der Waals surface area contributed by atoms with Crippen LogP contribution >= 0.6 is 0 Å². The van der Waals surface area contributed by atoms with Crippen molar-refractivity contribution in [1.29, 1.82) is 0 Å². The molecule has 32 heavy (non-hydrogen) atoms. The summed E-state index contributed by atoms with van der Waals surface area (Å²) < 4.78 is 90.7. The van der Waals surface area contributed by atoms with Gasteiger partial charge in [0, 0.05) is 6.54 Å². The molecule has 1 aromatic heterocycles. The van der Waals surface area contributed by atoms with Gasteiger partial charge in [-0.15, -0.1) is 0 Å². The molecule has 0 atom stereocenters. The van der Waals surface area contributed by atoms with Crippen LogP contribution < -0.4 is 14.8 Å². The molecule has 1 amide bonds. The summed E-state index contributed by atoms with van der Waals surface area (Å²) in [6.45, 7) is -0.0870. The lowest BCUT2D eigenvalue weighted by molar-refractivity contribution is -0.143. The zero-order chi connectivity index (χ0) is 23.1.